The zero-order valence-corrected chi connectivity index (χ0v) is 12.7. The lowest BCUT2D eigenvalue weighted by atomic mass is 10.2. The van der Waals surface area contributed by atoms with Gasteiger partial charge in [0.25, 0.3) is 5.91 Å². The molecule has 7 heteroatoms. The van der Waals surface area contributed by atoms with Gasteiger partial charge >= 0.3 is 0 Å². The minimum Gasteiger partial charge on any atom is -0.343 e. The quantitative estimate of drug-likeness (QED) is 0.427. The summed E-state index contributed by atoms with van der Waals surface area (Å²) in [5.41, 5.74) is 4.42. The molecule has 0 bridgehead atoms. The van der Waals surface area contributed by atoms with E-state index in [1.807, 2.05) is 12.1 Å². The molecule has 3 aromatic rings. The van der Waals surface area contributed by atoms with E-state index in [2.05, 4.69) is 40.0 Å². The minimum atomic E-state index is -0.606. The first-order valence-electron chi connectivity index (χ1n) is 7.30. The van der Waals surface area contributed by atoms with Gasteiger partial charge in [-0.05, 0) is 30.5 Å². The van der Waals surface area contributed by atoms with Crippen LogP contribution in [0.1, 0.15) is 18.3 Å². The molecular weight excluding hydrogens is 294 g/mol. The van der Waals surface area contributed by atoms with E-state index in [1.54, 1.807) is 10.9 Å². The van der Waals surface area contributed by atoms with Crippen molar-refractivity contribution < 1.29 is 10.0 Å². The lowest BCUT2D eigenvalue weighted by Gasteiger charge is -2.07. The van der Waals surface area contributed by atoms with Gasteiger partial charge in [0.15, 0.2) is 0 Å². The van der Waals surface area contributed by atoms with Crippen molar-refractivity contribution >= 4 is 22.9 Å². The van der Waals surface area contributed by atoms with Gasteiger partial charge in [0, 0.05) is 23.8 Å². The summed E-state index contributed by atoms with van der Waals surface area (Å²) in [5.74, 6) is -0.606. The average molecular weight is 311 g/mol. The van der Waals surface area contributed by atoms with Crippen molar-refractivity contribution in [3.63, 3.8) is 0 Å². The van der Waals surface area contributed by atoms with E-state index in [0.29, 0.717) is 12.2 Å². The molecule has 0 fully saturated rings. The molecule has 2 N–H and O–H groups in total. The van der Waals surface area contributed by atoms with Crippen molar-refractivity contribution in [2.45, 2.75) is 20.0 Å². The summed E-state index contributed by atoms with van der Waals surface area (Å²) < 4.78 is 3.96. The van der Waals surface area contributed by atoms with Gasteiger partial charge in [0.2, 0.25) is 0 Å². The van der Waals surface area contributed by atoms with Crippen LogP contribution < -0.4 is 5.48 Å². The second-order valence-corrected chi connectivity index (χ2v) is 5.09. The molecule has 0 saturated carbocycles. The first-order valence-corrected chi connectivity index (χ1v) is 7.30. The Morgan fingerprint density at radius 3 is 3.00 bits per heavy atom. The Morgan fingerprint density at radius 1 is 1.39 bits per heavy atom. The third kappa shape index (κ3) is 3.14. The van der Waals surface area contributed by atoms with Crippen LogP contribution in [0, 0.1) is 0 Å². The molecule has 3 rings (SSSR count). The molecule has 1 amide bonds. The topological polar surface area (TPSA) is 85.0 Å². The Hall–Kier alpha value is -2.93. The summed E-state index contributed by atoms with van der Waals surface area (Å²) >= 11 is 0. The van der Waals surface area contributed by atoms with Crippen LogP contribution in [-0.4, -0.2) is 30.7 Å². The van der Waals surface area contributed by atoms with Gasteiger partial charge in [0.1, 0.15) is 5.69 Å². The standard InChI is InChI=1S/C16H17N5O2/c1-2-21-14(9-12-5-3-4-6-15(12)21)11-20-10-13(17-19-20)7-8-16(22)18-23/h3-10,23H,2,11H2,1H3,(H,18,22)/b8-7+. The fourth-order valence-corrected chi connectivity index (χ4v) is 2.60. The van der Waals surface area contributed by atoms with Crippen molar-refractivity contribution in [3.8, 4) is 0 Å². The Labute approximate surface area is 132 Å². The molecule has 23 heavy (non-hydrogen) atoms. The lowest BCUT2D eigenvalue weighted by molar-refractivity contribution is -0.124. The van der Waals surface area contributed by atoms with Crippen LogP contribution >= 0.6 is 0 Å². The number of para-hydroxylation sites is 1. The maximum absolute atomic E-state index is 11.0. The van der Waals surface area contributed by atoms with Crippen LogP contribution in [-0.2, 0) is 17.9 Å². The third-order valence-corrected chi connectivity index (χ3v) is 3.61. The minimum absolute atomic E-state index is 0.549. The van der Waals surface area contributed by atoms with Crippen molar-refractivity contribution in [3.05, 3.63) is 54.0 Å². The van der Waals surface area contributed by atoms with E-state index in [-0.39, 0.29) is 0 Å². The second-order valence-electron chi connectivity index (χ2n) is 5.09. The maximum Gasteiger partial charge on any atom is 0.267 e. The van der Waals surface area contributed by atoms with Crippen LogP contribution in [0.2, 0.25) is 0 Å². The van der Waals surface area contributed by atoms with Gasteiger partial charge in [-0.3, -0.25) is 10.0 Å². The van der Waals surface area contributed by atoms with Crippen LogP contribution in [0.4, 0.5) is 0 Å². The third-order valence-electron chi connectivity index (χ3n) is 3.61. The number of aromatic nitrogens is 4. The van der Waals surface area contributed by atoms with E-state index in [4.69, 9.17) is 5.21 Å². The number of hydrogen-bond donors (Lipinski definition) is 2. The summed E-state index contributed by atoms with van der Waals surface area (Å²) in [6.45, 7) is 3.58. The largest absolute Gasteiger partial charge is 0.343 e. The number of carbonyl (C=O) groups excluding carboxylic acids is 1. The smallest absolute Gasteiger partial charge is 0.267 e. The normalized spacial score (nSPS) is 11.4. The Bertz CT molecular complexity index is 862. The van der Waals surface area contributed by atoms with Crippen molar-refractivity contribution in [1.82, 2.24) is 25.0 Å². The average Bonchev–Trinajstić information content (AvgIpc) is 3.16. The lowest BCUT2D eigenvalue weighted by Crippen LogP contribution is -2.14. The van der Waals surface area contributed by atoms with Gasteiger partial charge in [-0.25, -0.2) is 10.2 Å². The highest BCUT2D eigenvalue weighted by Crippen LogP contribution is 2.20. The van der Waals surface area contributed by atoms with E-state index in [0.717, 1.165) is 12.2 Å². The second kappa shape index (κ2) is 6.45. The number of hydroxylamine groups is 1. The molecule has 0 spiro atoms. The summed E-state index contributed by atoms with van der Waals surface area (Å²) in [6, 6.07) is 10.4. The van der Waals surface area contributed by atoms with E-state index < -0.39 is 5.91 Å². The number of benzene rings is 1. The van der Waals surface area contributed by atoms with Gasteiger partial charge in [-0.2, -0.15) is 0 Å². The monoisotopic (exact) mass is 311 g/mol. The molecule has 7 nitrogen and oxygen atoms in total. The number of aryl methyl sites for hydroxylation is 1. The first-order chi connectivity index (χ1) is 11.2. The number of carbonyl (C=O) groups is 1. The fourth-order valence-electron chi connectivity index (χ4n) is 2.60. The van der Waals surface area contributed by atoms with E-state index in [1.165, 1.54) is 28.5 Å². The number of hydrogen-bond acceptors (Lipinski definition) is 4. The molecule has 0 aliphatic heterocycles. The number of nitrogens with one attached hydrogen (secondary N) is 1. The van der Waals surface area contributed by atoms with Gasteiger partial charge in [-0.15, -0.1) is 5.10 Å². The van der Waals surface area contributed by atoms with Crippen LogP contribution in [0.15, 0.2) is 42.6 Å². The summed E-state index contributed by atoms with van der Waals surface area (Å²) in [4.78, 5) is 11.0. The Balaban J connectivity index is 1.84. The van der Waals surface area contributed by atoms with Crippen LogP contribution in [0.3, 0.4) is 0 Å². The summed E-state index contributed by atoms with van der Waals surface area (Å²) in [6.07, 6.45) is 4.43. The van der Waals surface area contributed by atoms with E-state index >= 15 is 0 Å². The molecule has 2 heterocycles. The van der Waals surface area contributed by atoms with Crippen LogP contribution in [0.5, 0.6) is 0 Å². The Morgan fingerprint density at radius 2 is 2.22 bits per heavy atom. The first kappa shape index (κ1) is 15.0. The predicted molar refractivity (Wildman–Crippen MR) is 85.7 cm³/mol. The zero-order chi connectivity index (χ0) is 16.2. The molecule has 1 aromatic carbocycles. The Kier molecular flexibility index (Phi) is 4.20. The van der Waals surface area contributed by atoms with Crippen LogP contribution in [0.25, 0.3) is 17.0 Å². The van der Waals surface area contributed by atoms with Gasteiger partial charge in [-0.1, -0.05) is 23.4 Å². The predicted octanol–water partition coefficient (Wildman–Crippen LogP) is 1.82. The van der Waals surface area contributed by atoms with Gasteiger partial charge in [0.05, 0.1) is 12.7 Å². The summed E-state index contributed by atoms with van der Waals surface area (Å²) in [7, 11) is 0. The van der Waals surface area contributed by atoms with Crippen molar-refractivity contribution in [2.24, 2.45) is 0 Å². The molecule has 118 valence electrons. The molecule has 0 aliphatic rings. The fraction of sp³-hybridized carbons (Fsp3) is 0.188. The number of amides is 1. The number of nitrogens with zero attached hydrogens (tertiary/aromatic N) is 4. The molecular formula is C16H17N5O2. The highest BCUT2D eigenvalue weighted by atomic mass is 16.5. The highest BCUT2D eigenvalue weighted by molar-refractivity contribution is 5.90. The molecule has 0 unspecified atom stereocenters. The maximum atomic E-state index is 11.0. The zero-order valence-electron chi connectivity index (χ0n) is 12.7. The molecule has 2 aromatic heterocycles. The van der Waals surface area contributed by atoms with Gasteiger partial charge < -0.3 is 4.57 Å². The molecule has 0 atom stereocenters. The van der Waals surface area contributed by atoms with E-state index in [9.17, 15) is 4.79 Å². The molecule has 0 saturated heterocycles. The SMILES string of the molecule is CCn1c(Cn2cc(/C=C/C(=O)NO)nn2)cc2ccccc21. The van der Waals surface area contributed by atoms with Crippen molar-refractivity contribution in [1.29, 1.82) is 0 Å². The summed E-state index contributed by atoms with van der Waals surface area (Å²) in [5, 5.41) is 17.7. The number of rotatable bonds is 5. The number of fused-ring (bicyclic) bond motifs is 1. The molecule has 0 aliphatic carbocycles. The highest BCUT2D eigenvalue weighted by Gasteiger charge is 2.08. The van der Waals surface area contributed by atoms with Crippen molar-refractivity contribution in [2.75, 3.05) is 0 Å². The molecule has 0 radical (unpaired) electrons.